The van der Waals surface area contributed by atoms with Crippen molar-refractivity contribution in [3.8, 4) is 0 Å². The van der Waals surface area contributed by atoms with E-state index in [0.29, 0.717) is 0 Å². The van der Waals surface area contributed by atoms with Crippen LogP contribution in [-0.2, 0) is 0 Å². The summed E-state index contributed by atoms with van der Waals surface area (Å²) in [5, 5.41) is 0. The summed E-state index contributed by atoms with van der Waals surface area (Å²) in [6.45, 7) is 2.30. The standard InChI is InChI=1S/C23H43I/c1-2-3-4-5-6-7-8-9-10-11-12-13-14-15-16-17-22-18-20-23(24)21-19-22/h18,20,22-23H,2-17,19,21H2,1H3. The summed E-state index contributed by atoms with van der Waals surface area (Å²) in [7, 11) is 0. The highest BCUT2D eigenvalue weighted by Crippen LogP contribution is 2.26. The molecule has 142 valence electrons. The molecule has 0 aromatic carbocycles. The monoisotopic (exact) mass is 446 g/mol. The summed E-state index contributed by atoms with van der Waals surface area (Å²) in [4.78, 5) is 0. The van der Waals surface area contributed by atoms with E-state index >= 15 is 0 Å². The Hall–Kier alpha value is 0.470. The zero-order chi connectivity index (χ0) is 17.3. The van der Waals surface area contributed by atoms with Crippen LogP contribution < -0.4 is 0 Å². The van der Waals surface area contributed by atoms with Gasteiger partial charge in [0.25, 0.3) is 0 Å². The molecule has 0 bridgehead atoms. The molecule has 1 rings (SSSR count). The minimum Gasteiger partial charge on any atom is -0.0844 e. The van der Waals surface area contributed by atoms with Gasteiger partial charge in [0.05, 0.1) is 0 Å². The Labute approximate surface area is 166 Å². The Morgan fingerprint density at radius 2 is 1.08 bits per heavy atom. The van der Waals surface area contributed by atoms with E-state index in [1.807, 2.05) is 0 Å². The molecule has 24 heavy (non-hydrogen) atoms. The van der Waals surface area contributed by atoms with Crippen molar-refractivity contribution < 1.29 is 0 Å². The molecule has 0 nitrogen and oxygen atoms in total. The third-order valence-corrected chi connectivity index (χ3v) is 6.62. The van der Waals surface area contributed by atoms with Crippen LogP contribution in [0.2, 0.25) is 0 Å². The Bertz CT molecular complexity index is 284. The average Bonchev–Trinajstić information content (AvgIpc) is 2.60. The van der Waals surface area contributed by atoms with E-state index in [-0.39, 0.29) is 0 Å². The van der Waals surface area contributed by atoms with E-state index in [2.05, 4.69) is 41.7 Å². The van der Waals surface area contributed by atoms with E-state index < -0.39 is 0 Å². The van der Waals surface area contributed by atoms with E-state index in [1.54, 1.807) is 0 Å². The predicted molar refractivity (Wildman–Crippen MR) is 119 cm³/mol. The van der Waals surface area contributed by atoms with Gasteiger partial charge in [-0.3, -0.25) is 0 Å². The molecule has 0 saturated carbocycles. The van der Waals surface area contributed by atoms with Crippen LogP contribution in [0.25, 0.3) is 0 Å². The van der Waals surface area contributed by atoms with Crippen LogP contribution in [0.15, 0.2) is 12.2 Å². The first-order chi connectivity index (χ1) is 11.8. The van der Waals surface area contributed by atoms with Gasteiger partial charge in [0.15, 0.2) is 0 Å². The van der Waals surface area contributed by atoms with Gasteiger partial charge in [0, 0.05) is 3.92 Å². The molecule has 1 aliphatic carbocycles. The lowest BCUT2D eigenvalue weighted by atomic mass is 9.91. The molecular formula is C23H43I. The molecule has 0 aliphatic heterocycles. The highest BCUT2D eigenvalue weighted by molar-refractivity contribution is 14.1. The largest absolute Gasteiger partial charge is 0.0844 e. The lowest BCUT2D eigenvalue weighted by Gasteiger charge is -2.19. The zero-order valence-corrected chi connectivity index (χ0v) is 18.6. The van der Waals surface area contributed by atoms with E-state index in [0.717, 1.165) is 9.84 Å². The summed E-state index contributed by atoms with van der Waals surface area (Å²) in [6.07, 6.45) is 31.2. The van der Waals surface area contributed by atoms with Gasteiger partial charge in [0.2, 0.25) is 0 Å². The molecule has 0 aromatic heterocycles. The molecular weight excluding hydrogens is 403 g/mol. The van der Waals surface area contributed by atoms with Crippen molar-refractivity contribution in [2.24, 2.45) is 5.92 Å². The topological polar surface area (TPSA) is 0 Å². The van der Waals surface area contributed by atoms with Crippen molar-refractivity contribution in [2.45, 2.75) is 126 Å². The molecule has 2 unspecified atom stereocenters. The lowest BCUT2D eigenvalue weighted by molar-refractivity contribution is 0.471. The predicted octanol–water partition coefficient (Wildman–Crippen LogP) is 9.02. The van der Waals surface area contributed by atoms with E-state index in [4.69, 9.17) is 0 Å². The molecule has 1 aliphatic rings. The normalized spacial score (nSPS) is 20.6. The Morgan fingerprint density at radius 1 is 0.625 bits per heavy atom. The van der Waals surface area contributed by atoms with Gasteiger partial charge in [-0.1, -0.05) is 138 Å². The Morgan fingerprint density at radius 3 is 1.50 bits per heavy atom. The number of hydrogen-bond acceptors (Lipinski definition) is 0. The molecule has 0 saturated heterocycles. The molecule has 0 fully saturated rings. The SMILES string of the molecule is CCCCCCCCCCCCCCCCCC1C=CC(I)CC1. The van der Waals surface area contributed by atoms with Gasteiger partial charge in [-0.2, -0.15) is 0 Å². The summed E-state index contributed by atoms with van der Waals surface area (Å²) in [5.41, 5.74) is 0. The van der Waals surface area contributed by atoms with Crippen molar-refractivity contribution in [1.29, 1.82) is 0 Å². The number of hydrogen-bond donors (Lipinski definition) is 0. The fraction of sp³-hybridized carbons (Fsp3) is 0.913. The van der Waals surface area contributed by atoms with Crippen molar-refractivity contribution in [2.75, 3.05) is 0 Å². The molecule has 0 amide bonds. The highest BCUT2D eigenvalue weighted by atomic mass is 127. The van der Waals surface area contributed by atoms with Gasteiger partial charge >= 0.3 is 0 Å². The van der Waals surface area contributed by atoms with E-state index in [1.165, 1.54) is 116 Å². The first kappa shape index (κ1) is 22.5. The number of rotatable bonds is 16. The number of halogens is 1. The van der Waals surface area contributed by atoms with Crippen LogP contribution >= 0.6 is 22.6 Å². The third-order valence-electron chi connectivity index (χ3n) is 5.58. The van der Waals surface area contributed by atoms with Crippen LogP contribution in [0.4, 0.5) is 0 Å². The van der Waals surface area contributed by atoms with Crippen LogP contribution in [0.3, 0.4) is 0 Å². The van der Waals surface area contributed by atoms with Gasteiger partial charge in [-0.05, 0) is 25.2 Å². The average molecular weight is 447 g/mol. The summed E-state index contributed by atoms with van der Waals surface area (Å²) >= 11 is 2.56. The van der Waals surface area contributed by atoms with Gasteiger partial charge in [0.1, 0.15) is 0 Å². The molecule has 0 spiro atoms. The molecule has 0 radical (unpaired) electrons. The van der Waals surface area contributed by atoms with Gasteiger partial charge in [-0.25, -0.2) is 0 Å². The minimum atomic E-state index is 0.805. The zero-order valence-electron chi connectivity index (χ0n) is 16.4. The van der Waals surface area contributed by atoms with Crippen molar-refractivity contribution in [1.82, 2.24) is 0 Å². The van der Waals surface area contributed by atoms with Gasteiger partial charge in [-0.15, -0.1) is 0 Å². The van der Waals surface area contributed by atoms with Gasteiger partial charge < -0.3 is 0 Å². The first-order valence-electron chi connectivity index (χ1n) is 11.2. The summed E-state index contributed by atoms with van der Waals surface area (Å²) in [5.74, 6) is 0.901. The second kappa shape index (κ2) is 16.9. The fourth-order valence-corrected chi connectivity index (χ4v) is 4.46. The summed E-state index contributed by atoms with van der Waals surface area (Å²) in [6, 6.07) is 0. The maximum Gasteiger partial charge on any atom is 0.0289 e. The Kier molecular flexibility index (Phi) is 15.9. The maximum absolute atomic E-state index is 2.56. The molecule has 0 N–H and O–H groups in total. The lowest BCUT2D eigenvalue weighted by Crippen LogP contribution is -2.07. The molecule has 0 heterocycles. The first-order valence-corrected chi connectivity index (χ1v) is 12.4. The quantitative estimate of drug-likeness (QED) is 0.0960. The number of alkyl halides is 1. The van der Waals surface area contributed by atoms with Crippen LogP contribution in [0.1, 0.15) is 122 Å². The van der Waals surface area contributed by atoms with Crippen molar-refractivity contribution in [3.05, 3.63) is 12.2 Å². The fourth-order valence-electron chi connectivity index (χ4n) is 3.86. The second-order valence-corrected chi connectivity index (χ2v) is 9.58. The van der Waals surface area contributed by atoms with E-state index in [9.17, 15) is 0 Å². The number of allylic oxidation sites excluding steroid dienone is 2. The van der Waals surface area contributed by atoms with Crippen LogP contribution in [0, 0.1) is 5.92 Å². The maximum atomic E-state index is 2.56. The molecule has 1 heteroatoms. The van der Waals surface area contributed by atoms with Crippen LogP contribution in [0.5, 0.6) is 0 Å². The Balaban J connectivity index is 1.71. The van der Waals surface area contributed by atoms with Crippen molar-refractivity contribution in [3.63, 3.8) is 0 Å². The van der Waals surface area contributed by atoms with Crippen LogP contribution in [-0.4, -0.2) is 3.92 Å². The smallest absolute Gasteiger partial charge is 0.0289 e. The molecule has 2 atom stereocenters. The third kappa shape index (κ3) is 13.7. The highest BCUT2D eigenvalue weighted by Gasteiger charge is 2.12. The molecule has 0 aromatic rings. The summed E-state index contributed by atoms with van der Waals surface area (Å²) < 4.78 is 0.805. The minimum absolute atomic E-state index is 0.805. The second-order valence-electron chi connectivity index (χ2n) is 7.98. The van der Waals surface area contributed by atoms with Crippen molar-refractivity contribution >= 4 is 22.6 Å². The number of unbranched alkanes of at least 4 members (excludes halogenated alkanes) is 14.